The number of carbonyl (C=O) groups excluding carboxylic acids is 1. The highest BCUT2D eigenvalue weighted by Crippen LogP contribution is 2.25. The second-order valence-electron chi connectivity index (χ2n) is 6.53. The van der Waals surface area contributed by atoms with Gasteiger partial charge in [-0.25, -0.2) is 0 Å². The Balaban J connectivity index is 1.71. The van der Waals surface area contributed by atoms with Crippen LogP contribution in [-0.2, 0) is 6.42 Å². The maximum absolute atomic E-state index is 12.7. The molecule has 128 valence electrons. The molecule has 1 fully saturated rings. The Morgan fingerprint density at radius 3 is 2.75 bits per heavy atom. The van der Waals surface area contributed by atoms with Crippen LogP contribution in [-0.4, -0.2) is 37.5 Å². The molecule has 24 heavy (non-hydrogen) atoms. The molecule has 1 saturated heterocycles. The lowest BCUT2D eigenvalue weighted by Crippen LogP contribution is -2.42. The van der Waals surface area contributed by atoms with Crippen molar-refractivity contribution in [2.75, 3.05) is 26.7 Å². The van der Waals surface area contributed by atoms with Crippen LogP contribution in [0, 0.1) is 5.92 Å². The molecule has 0 spiro atoms. The van der Waals surface area contributed by atoms with Crippen molar-refractivity contribution in [2.24, 2.45) is 5.92 Å². The summed E-state index contributed by atoms with van der Waals surface area (Å²) < 4.78 is 5.85. The summed E-state index contributed by atoms with van der Waals surface area (Å²) in [5.74, 6) is 1.73. The van der Waals surface area contributed by atoms with Crippen LogP contribution in [0.25, 0.3) is 11.3 Å². The number of aryl methyl sites for hydroxylation is 1. The molecule has 1 amide bonds. The van der Waals surface area contributed by atoms with E-state index in [9.17, 15) is 4.79 Å². The lowest BCUT2D eigenvalue weighted by molar-refractivity contribution is 0.0643. The molecule has 0 saturated carbocycles. The van der Waals surface area contributed by atoms with Gasteiger partial charge in [-0.3, -0.25) is 4.79 Å². The SMILES string of the molecule is CCc1ccc(-c2ccc(C(=O)N3CCCC(CNC)C3)o2)cc1. The van der Waals surface area contributed by atoms with E-state index in [0.717, 1.165) is 43.8 Å². The summed E-state index contributed by atoms with van der Waals surface area (Å²) in [6.45, 7) is 4.72. The third kappa shape index (κ3) is 3.70. The van der Waals surface area contributed by atoms with Crippen LogP contribution in [0.3, 0.4) is 0 Å². The Labute approximate surface area is 143 Å². The van der Waals surface area contributed by atoms with Gasteiger partial charge in [0.05, 0.1) is 0 Å². The summed E-state index contributed by atoms with van der Waals surface area (Å²) in [6, 6.07) is 12.0. The highest BCUT2D eigenvalue weighted by molar-refractivity contribution is 5.92. The lowest BCUT2D eigenvalue weighted by atomic mass is 9.98. The Bertz CT molecular complexity index is 673. The highest BCUT2D eigenvalue weighted by Gasteiger charge is 2.26. The van der Waals surface area contributed by atoms with E-state index in [1.165, 1.54) is 12.0 Å². The first-order valence-electron chi connectivity index (χ1n) is 8.84. The maximum atomic E-state index is 12.7. The number of amides is 1. The molecule has 1 aromatic heterocycles. The van der Waals surface area contributed by atoms with Crippen molar-refractivity contribution in [3.63, 3.8) is 0 Å². The number of hydrogen-bond donors (Lipinski definition) is 1. The number of likely N-dealkylation sites (tertiary alicyclic amines) is 1. The molecule has 4 nitrogen and oxygen atoms in total. The average Bonchev–Trinajstić information content (AvgIpc) is 3.12. The summed E-state index contributed by atoms with van der Waals surface area (Å²) in [5.41, 5.74) is 2.31. The van der Waals surface area contributed by atoms with Crippen LogP contribution < -0.4 is 5.32 Å². The van der Waals surface area contributed by atoms with Crippen molar-refractivity contribution in [1.82, 2.24) is 10.2 Å². The Hall–Kier alpha value is -2.07. The second kappa shape index (κ2) is 7.67. The number of nitrogens with zero attached hydrogens (tertiary/aromatic N) is 1. The fourth-order valence-electron chi connectivity index (χ4n) is 3.37. The summed E-state index contributed by atoms with van der Waals surface area (Å²) >= 11 is 0. The first kappa shape index (κ1) is 16.8. The van der Waals surface area contributed by atoms with Gasteiger partial charge in [0.15, 0.2) is 5.76 Å². The topological polar surface area (TPSA) is 45.5 Å². The van der Waals surface area contributed by atoms with Gasteiger partial charge in [0, 0.05) is 18.7 Å². The minimum atomic E-state index is 0.00670. The van der Waals surface area contributed by atoms with Crippen molar-refractivity contribution in [3.8, 4) is 11.3 Å². The summed E-state index contributed by atoms with van der Waals surface area (Å²) in [5, 5.41) is 3.21. The molecule has 0 bridgehead atoms. The van der Waals surface area contributed by atoms with Crippen molar-refractivity contribution >= 4 is 5.91 Å². The number of furan rings is 1. The Morgan fingerprint density at radius 1 is 1.25 bits per heavy atom. The van der Waals surface area contributed by atoms with Gasteiger partial charge in [-0.05, 0) is 56.5 Å². The first-order valence-corrected chi connectivity index (χ1v) is 8.84. The molecule has 2 aromatic rings. The zero-order valence-electron chi connectivity index (χ0n) is 14.5. The van der Waals surface area contributed by atoms with E-state index in [1.807, 2.05) is 18.0 Å². The monoisotopic (exact) mass is 326 g/mol. The lowest BCUT2D eigenvalue weighted by Gasteiger charge is -2.32. The quantitative estimate of drug-likeness (QED) is 0.913. The van der Waals surface area contributed by atoms with Gasteiger partial charge in [0.1, 0.15) is 5.76 Å². The predicted molar refractivity (Wildman–Crippen MR) is 96.1 cm³/mol. The number of benzene rings is 1. The molecular weight excluding hydrogens is 300 g/mol. The minimum Gasteiger partial charge on any atom is -0.451 e. The zero-order valence-corrected chi connectivity index (χ0v) is 14.5. The van der Waals surface area contributed by atoms with Gasteiger partial charge >= 0.3 is 0 Å². The fraction of sp³-hybridized carbons (Fsp3) is 0.450. The molecule has 1 aliphatic rings. The summed E-state index contributed by atoms with van der Waals surface area (Å²) in [7, 11) is 1.96. The van der Waals surface area contributed by atoms with Crippen LogP contribution in [0.2, 0.25) is 0 Å². The van der Waals surface area contributed by atoms with Gasteiger partial charge in [-0.1, -0.05) is 31.2 Å². The normalized spacial score (nSPS) is 17.9. The number of carbonyl (C=O) groups is 1. The van der Waals surface area contributed by atoms with Crippen LogP contribution in [0.5, 0.6) is 0 Å². The Morgan fingerprint density at radius 2 is 2.04 bits per heavy atom. The molecular formula is C20H26N2O2. The predicted octanol–water partition coefficient (Wildman–Crippen LogP) is 3.58. The number of nitrogens with one attached hydrogen (secondary N) is 1. The van der Waals surface area contributed by atoms with Crippen LogP contribution in [0.1, 0.15) is 35.9 Å². The molecule has 1 aromatic carbocycles. The van der Waals surface area contributed by atoms with Gasteiger partial charge in [0.25, 0.3) is 5.91 Å². The van der Waals surface area contributed by atoms with Crippen LogP contribution in [0.15, 0.2) is 40.8 Å². The van der Waals surface area contributed by atoms with Gasteiger partial charge < -0.3 is 14.6 Å². The second-order valence-corrected chi connectivity index (χ2v) is 6.53. The third-order valence-electron chi connectivity index (χ3n) is 4.76. The van der Waals surface area contributed by atoms with Crippen LogP contribution >= 0.6 is 0 Å². The number of hydrogen-bond acceptors (Lipinski definition) is 3. The van der Waals surface area contributed by atoms with E-state index in [0.29, 0.717) is 11.7 Å². The molecule has 3 rings (SSSR count). The van der Waals surface area contributed by atoms with E-state index < -0.39 is 0 Å². The zero-order chi connectivity index (χ0) is 16.9. The first-order chi connectivity index (χ1) is 11.7. The van der Waals surface area contributed by atoms with Crippen molar-refractivity contribution in [3.05, 3.63) is 47.7 Å². The molecule has 0 radical (unpaired) electrons. The average molecular weight is 326 g/mol. The molecule has 4 heteroatoms. The van der Waals surface area contributed by atoms with E-state index >= 15 is 0 Å². The summed E-state index contributed by atoms with van der Waals surface area (Å²) in [4.78, 5) is 14.6. The molecule has 1 unspecified atom stereocenters. The van der Waals surface area contributed by atoms with Crippen molar-refractivity contribution < 1.29 is 9.21 Å². The highest BCUT2D eigenvalue weighted by atomic mass is 16.4. The van der Waals surface area contributed by atoms with E-state index in [2.05, 4.69) is 36.5 Å². The van der Waals surface area contributed by atoms with Gasteiger partial charge in [-0.2, -0.15) is 0 Å². The third-order valence-corrected chi connectivity index (χ3v) is 4.76. The largest absolute Gasteiger partial charge is 0.451 e. The standard InChI is InChI=1S/C20H26N2O2/c1-3-15-6-8-17(9-7-15)18-10-11-19(24-18)20(23)22-12-4-5-16(14-22)13-21-2/h6-11,16,21H,3-5,12-14H2,1-2H3. The number of piperidine rings is 1. The van der Waals surface area contributed by atoms with Crippen molar-refractivity contribution in [1.29, 1.82) is 0 Å². The fourth-order valence-corrected chi connectivity index (χ4v) is 3.37. The summed E-state index contributed by atoms with van der Waals surface area (Å²) in [6.07, 6.45) is 3.26. The molecule has 0 aliphatic carbocycles. The minimum absolute atomic E-state index is 0.00670. The Kier molecular flexibility index (Phi) is 5.36. The van der Waals surface area contributed by atoms with E-state index in [4.69, 9.17) is 4.42 Å². The molecule has 1 N–H and O–H groups in total. The maximum Gasteiger partial charge on any atom is 0.289 e. The van der Waals surface area contributed by atoms with Crippen LogP contribution in [0.4, 0.5) is 0 Å². The smallest absolute Gasteiger partial charge is 0.289 e. The van der Waals surface area contributed by atoms with E-state index in [-0.39, 0.29) is 5.91 Å². The van der Waals surface area contributed by atoms with Crippen molar-refractivity contribution in [2.45, 2.75) is 26.2 Å². The van der Waals surface area contributed by atoms with E-state index in [1.54, 1.807) is 6.07 Å². The van der Waals surface area contributed by atoms with Gasteiger partial charge in [0.2, 0.25) is 0 Å². The van der Waals surface area contributed by atoms with Gasteiger partial charge in [-0.15, -0.1) is 0 Å². The molecule has 2 heterocycles. The number of rotatable bonds is 5. The molecule has 1 aliphatic heterocycles. The molecule has 1 atom stereocenters.